The fourth-order valence-corrected chi connectivity index (χ4v) is 3.82. The lowest BCUT2D eigenvalue weighted by atomic mass is 9.94. The second-order valence-electron chi connectivity index (χ2n) is 7.18. The van der Waals surface area contributed by atoms with E-state index in [-0.39, 0.29) is 5.91 Å². The van der Waals surface area contributed by atoms with Crippen LogP contribution in [0.2, 0.25) is 0 Å². The molecule has 1 unspecified atom stereocenters. The van der Waals surface area contributed by atoms with Crippen molar-refractivity contribution >= 4 is 5.91 Å². The van der Waals surface area contributed by atoms with Crippen molar-refractivity contribution in [1.82, 2.24) is 20.2 Å². The number of hydrogen-bond donors (Lipinski definition) is 1. The zero-order chi connectivity index (χ0) is 16.1. The Morgan fingerprint density at radius 3 is 2.70 bits per heavy atom. The minimum absolute atomic E-state index is 0.0756. The summed E-state index contributed by atoms with van der Waals surface area (Å²) in [6, 6.07) is 0.315. The van der Waals surface area contributed by atoms with Crippen LogP contribution < -0.4 is 5.32 Å². The van der Waals surface area contributed by atoms with Gasteiger partial charge in [0, 0.05) is 18.8 Å². The van der Waals surface area contributed by atoms with Crippen LogP contribution in [0.3, 0.4) is 0 Å². The number of amides is 1. The summed E-state index contributed by atoms with van der Waals surface area (Å²) in [5.41, 5.74) is 1.44. The van der Waals surface area contributed by atoms with Crippen molar-refractivity contribution in [2.45, 2.75) is 57.4 Å². The maximum absolute atomic E-state index is 12.2. The Balaban J connectivity index is 1.52. The molecule has 5 nitrogen and oxygen atoms in total. The summed E-state index contributed by atoms with van der Waals surface area (Å²) in [5.74, 6) is 0.582. The fraction of sp³-hybridized carbons (Fsp3) is 0.722. The molecule has 0 bridgehead atoms. The number of carbonyl (C=O) groups excluding carboxylic acids is 1. The highest BCUT2D eigenvalue weighted by Crippen LogP contribution is 2.19. The number of likely N-dealkylation sites (tertiary alicyclic amines) is 1. The summed E-state index contributed by atoms with van der Waals surface area (Å²) in [7, 11) is 2.18. The van der Waals surface area contributed by atoms with Gasteiger partial charge < -0.3 is 10.2 Å². The SMILES string of the molecule is CN1CCCC(Cc2cnc(C(=O)NC3CCCCC3)cn2)C1. The van der Waals surface area contributed by atoms with E-state index >= 15 is 0 Å². The van der Waals surface area contributed by atoms with Crippen molar-refractivity contribution in [2.24, 2.45) is 5.92 Å². The molecule has 1 aromatic heterocycles. The maximum Gasteiger partial charge on any atom is 0.271 e. The van der Waals surface area contributed by atoms with Gasteiger partial charge in [0.2, 0.25) is 0 Å². The Morgan fingerprint density at radius 1 is 1.17 bits per heavy atom. The number of piperidine rings is 1. The minimum Gasteiger partial charge on any atom is -0.348 e. The van der Waals surface area contributed by atoms with E-state index in [4.69, 9.17) is 0 Å². The molecule has 2 aliphatic rings. The Morgan fingerprint density at radius 2 is 2.00 bits per heavy atom. The lowest BCUT2D eigenvalue weighted by Gasteiger charge is -2.29. The number of aromatic nitrogens is 2. The molecule has 1 aliphatic carbocycles. The third kappa shape index (κ3) is 4.74. The van der Waals surface area contributed by atoms with Crippen molar-refractivity contribution in [2.75, 3.05) is 20.1 Å². The number of nitrogens with zero attached hydrogens (tertiary/aromatic N) is 3. The van der Waals surface area contributed by atoms with Gasteiger partial charge in [-0.2, -0.15) is 0 Å². The summed E-state index contributed by atoms with van der Waals surface area (Å²) in [5, 5.41) is 3.09. The lowest BCUT2D eigenvalue weighted by molar-refractivity contribution is 0.0922. The van der Waals surface area contributed by atoms with Crippen molar-refractivity contribution in [3.63, 3.8) is 0 Å². The van der Waals surface area contributed by atoms with Gasteiger partial charge in [-0.3, -0.25) is 9.78 Å². The third-order valence-corrected chi connectivity index (χ3v) is 5.10. The molecule has 1 atom stereocenters. The van der Waals surface area contributed by atoms with Gasteiger partial charge in [-0.15, -0.1) is 0 Å². The summed E-state index contributed by atoms with van der Waals surface area (Å²) >= 11 is 0. The van der Waals surface area contributed by atoms with Crippen LogP contribution in [0.4, 0.5) is 0 Å². The van der Waals surface area contributed by atoms with E-state index in [9.17, 15) is 4.79 Å². The molecule has 23 heavy (non-hydrogen) atoms. The fourth-order valence-electron chi connectivity index (χ4n) is 3.82. The van der Waals surface area contributed by atoms with Gasteiger partial charge in [0.25, 0.3) is 5.91 Å². The normalized spacial score (nSPS) is 23.6. The monoisotopic (exact) mass is 316 g/mol. The molecule has 5 heteroatoms. The summed E-state index contributed by atoms with van der Waals surface area (Å²) in [4.78, 5) is 23.4. The number of rotatable bonds is 4. The molecule has 1 aromatic rings. The van der Waals surface area contributed by atoms with Gasteiger partial charge in [-0.25, -0.2) is 4.98 Å². The van der Waals surface area contributed by atoms with Crippen molar-refractivity contribution in [3.05, 3.63) is 23.8 Å². The van der Waals surface area contributed by atoms with E-state index in [1.807, 2.05) is 0 Å². The first-order chi connectivity index (χ1) is 11.2. The van der Waals surface area contributed by atoms with Crippen LogP contribution in [-0.4, -0.2) is 47.0 Å². The van der Waals surface area contributed by atoms with Crippen LogP contribution >= 0.6 is 0 Å². The summed E-state index contributed by atoms with van der Waals surface area (Å²) < 4.78 is 0. The highest BCUT2D eigenvalue weighted by atomic mass is 16.1. The maximum atomic E-state index is 12.2. The topological polar surface area (TPSA) is 58.1 Å². The predicted molar refractivity (Wildman–Crippen MR) is 90.3 cm³/mol. The van der Waals surface area contributed by atoms with Gasteiger partial charge >= 0.3 is 0 Å². The number of nitrogens with one attached hydrogen (secondary N) is 1. The Hall–Kier alpha value is -1.49. The van der Waals surface area contributed by atoms with Crippen molar-refractivity contribution < 1.29 is 4.79 Å². The van der Waals surface area contributed by atoms with Crippen LogP contribution in [0.25, 0.3) is 0 Å². The summed E-state index contributed by atoms with van der Waals surface area (Å²) in [6.07, 6.45) is 12.8. The standard InChI is InChI=1S/C18H28N4O/c1-22-9-5-6-14(13-22)10-16-11-20-17(12-19-16)18(23)21-15-7-3-2-4-8-15/h11-12,14-15H,2-10,13H2,1H3,(H,21,23). The van der Waals surface area contributed by atoms with E-state index in [0.29, 0.717) is 17.7 Å². The number of carbonyl (C=O) groups is 1. The van der Waals surface area contributed by atoms with Crippen LogP contribution in [0, 0.1) is 5.92 Å². The van der Waals surface area contributed by atoms with Crippen LogP contribution in [0.1, 0.15) is 61.1 Å². The molecule has 1 aliphatic heterocycles. The zero-order valence-electron chi connectivity index (χ0n) is 14.1. The first-order valence-corrected chi connectivity index (χ1v) is 9.01. The molecule has 0 spiro atoms. The Bertz CT molecular complexity index is 510. The van der Waals surface area contributed by atoms with E-state index in [2.05, 4.69) is 27.2 Å². The van der Waals surface area contributed by atoms with Crippen molar-refractivity contribution in [3.8, 4) is 0 Å². The lowest BCUT2D eigenvalue weighted by Crippen LogP contribution is -2.36. The molecule has 1 N–H and O–H groups in total. The van der Waals surface area contributed by atoms with Gasteiger partial charge in [-0.1, -0.05) is 19.3 Å². The molecule has 2 heterocycles. The first-order valence-electron chi connectivity index (χ1n) is 9.01. The second-order valence-corrected chi connectivity index (χ2v) is 7.18. The zero-order valence-corrected chi connectivity index (χ0v) is 14.1. The van der Waals surface area contributed by atoms with E-state index in [1.165, 1.54) is 38.6 Å². The molecular formula is C18H28N4O. The molecule has 126 valence electrons. The molecular weight excluding hydrogens is 288 g/mol. The molecule has 1 saturated carbocycles. The predicted octanol–water partition coefficient (Wildman–Crippen LogP) is 2.42. The highest BCUT2D eigenvalue weighted by Gasteiger charge is 2.20. The van der Waals surface area contributed by atoms with E-state index < -0.39 is 0 Å². The van der Waals surface area contributed by atoms with E-state index in [0.717, 1.165) is 31.5 Å². The van der Waals surface area contributed by atoms with Crippen LogP contribution in [0.5, 0.6) is 0 Å². The largest absolute Gasteiger partial charge is 0.348 e. The molecule has 3 rings (SSSR count). The quantitative estimate of drug-likeness (QED) is 0.927. The number of hydrogen-bond acceptors (Lipinski definition) is 4. The Labute approximate surface area is 138 Å². The highest BCUT2D eigenvalue weighted by molar-refractivity contribution is 5.92. The van der Waals surface area contributed by atoms with Crippen molar-refractivity contribution in [1.29, 1.82) is 0 Å². The average Bonchev–Trinajstić information content (AvgIpc) is 2.56. The third-order valence-electron chi connectivity index (χ3n) is 5.10. The van der Waals surface area contributed by atoms with Gasteiger partial charge in [0.05, 0.1) is 11.9 Å². The average molecular weight is 316 g/mol. The van der Waals surface area contributed by atoms with Gasteiger partial charge in [0.1, 0.15) is 5.69 Å². The Kier molecular flexibility index (Phi) is 5.60. The molecule has 1 saturated heterocycles. The molecule has 1 amide bonds. The summed E-state index contributed by atoms with van der Waals surface area (Å²) in [6.45, 7) is 2.33. The van der Waals surface area contributed by atoms with E-state index in [1.54, 1.807) is 12.4 Å². The van der Waals surface area contributed by atoms with Crippen LogP contribution in [0.15, 0.2) is 12.4 Å². The van der Waals surface area contributed by atoms with Crippen LogP contribution in [-0.2, 0) is 6.42 Å². The van der Waals surface area contributed by atoms with Gasteiger partial charge in [-0.05, 0) is 51.6 Å². The minimum atomic E-state index is -0.0756. The molecule has 0 aromatic carbocycles. The second kappa shape index (κ2) is 7.86. The first kappa shape index (κ1) is 16.4. The molecule has 2 fully saturated rings. The van der Waals surface area contributed by atoms with Gasteiger partial charge in [0.15, 0.2) is 0 Å². The smallest absolute Gasteiger partial charge is 0.271 e. The molecule has 0 radical (unpaired) electrons.